The number of aromatic nitrogens is 1. The Balaban J connectivity index is 1.39. The van der Waals surface area contributed by atoms with Crippen molar-refractivity contribution in [3.8, 4) is 5.88 Å². The average Bonchev–Trinajstić information content (AvgIpc) is 3.07. The van der Waals surface area contributed by atoms with Crippen molar-refractivity contribution < 1.29 is 14.3 Å². The Morgan fingerprint density at radius 1 is 1.38 bits per heavy atom. The molecule has 3 aliphatic heterocycles. The van der Waals surface area contributed by atoms with Crippen molar-refractivity contribution in [2.24, 2.45) is 5.92 Å². The van der Waals surface area contributed by atoms with E-state index in [1.807, 2.05) is 18.2 Å². The summed E-state index contributed by atoms with van der Waals surface area (Å²) in [6, 6.07) is 5.60. The van der Waals surface area contributed by atoms with Crippen LogP contribution in [0.5, 0.6) is 5.88 Å². The van der Waals surface area contributed by atoms with Gasteiger partial charge >= 0.3 is 0 Å². The lowest BCUT2D eigenvalue weighted by atomic mass is 9.88. The zero-order valence-corrected chi connectivity index (χ0v) is 15.1. The number of hydrogen-bond acceptors (Lipinski definition) is 7. The van der Waals surface area contributed by atoms with Crippen LogP contribution in [0.15, 0.2) is 24.4 Å². The Labute approximate surface area is 153 Å². The van der Waals surface area contributed by atoms with Crippen molar-refractivity contribution in [3.05, 3.63) is 24.4 Å². The van der Waals surface area contributed by atoms with Crippen LogP contribution in [0.4, 0.5) is 0 Å². The fraction of sp³-hybridized carbons (Fsp3) is 0.667. The normalized spacial score (nSPS) is 34.9. The largest absolute Gasteiger partial charge is 0.470 e. The summed E-state index contributed by atoms with van der Waals surface area (Å²) in [5.41, 5.74) is 6.49. The van der Waals surface area contributed by atoms with Crippen LogP contribution in [0, 0.1) is 5.92 Å². The molecular formula is C18H27N5O3. The molecule has 0 aromatic carbocycles. The fourth-order valence-corrected chi connectivity index (χ4v) is 4.07. The van der Waals surface area contributed by atoms with E-state index < -0.39 is 0 Å². The molecular weight excluding hydrogens is 334 g/mol. The highest BCUT2D eigenvalue weighted by Gasteiger charge is 2.43. The maximum atomic E-state index is 12.9. The molecule has 1 aromatic heterocycles. The second-order valence-corrected chi connectivity index (χ2v) is 7.39. The number of rotatable bonds is 4. The summed E-state index contributed by atoms with van der Waals surface area (Å²) in [5, 5.41) is 3.19. The highest BCUT2D eigenvalue weighted by atomic mass is 16.5. The second kappa shape index (κ2) is 7.87. The average molecular weight is 361 g/mol. The Bertz CT molecular complexity index is 616. The molecule has 4 heterocycles. The number of amides is 1. The van der Waals surface area contributed by atoms with Crippen LogP contribution in [-0.4, -0.2) is 73.4 Å². The van der Waals surface area contributed by atoms with Crippen LogP contribution in [0.3, 0.4) is 0 Å². The number of likely N-dealkylation sites (tertiary alicyclic amines) is 1. The number of piperidine rings is 1. The molecule has 142 valence electrons. The van der Waals surface area contributed by atoms with Crippen LogP contribution in [0.2, 0.25) is 0 Å². The summed E-state index contributed by atoms with van der Waals surface area (Å²) in [4.78, 5) is 19.4. The van der Waals surface area contributed by atoms with E-state index in [9.17, 15) is 4.79 Å². The Morgan fingerprint density at radius 3 is 3.15 bits per heavy atom. The molecule has 0 aliphatic carbocycles. The quantitative estimate of drug-likeness (QED) is 0.668. The summed E-state index contributed by atoms with van der Waals surface area (Å²) in [6.07, 6.45) is 3.25. The van der Waals surface area contributed by atoms with Gasteiger partial charge in [-0.3, -0.25) is 10.2 Å². The van der Waals surface area contributed by atoms with Gasteiger partial charge in [-0.2, -0.15) is 0 Å². The van der Waals surface area contributed by atoms with Crippen molar-refractivity contribution in [1.29, 1.82) is 0 Å². The summed E-state index contributed by atoms with van der Waals surface area (Å²) in [6.45, 7) is 3.05. The van der Waals surface area contributed by atoms with E-state index in [4.69, 9.17) is 9.47 Å². The first-order valence-electron chi connectivity index (χ1n) is 9.36. The molecule has 3 aliphatic rings. The topological polar surface area (TPSA) is 87.8 Å². The molecule has 0 saturated carbocycles. The van der Waals surface area contributed by atoms with Gasteiger partial charge in [-0.1, -0.05) is 6.07 Å². The standard InChI is InChI=1S/C18H27N5O3/c1-23-8-5-13-12(10-23)17(22-21-13)18(24)20-14-6-9-25-11-15(14)26-16-4-2-3-7-19-16/h2-4,7,12-15,17,21-22H,5-6,8-11H2,1H3,(H,20,24)/t12?,13?,14-,15-,17?/m1/s1. The molecule has 0 spiro atoms. The van der Waals surface area contributed by atoms with E-state index in [2.05, 4.69) is 33.1 Å². The number of hydrazine groups is 1. The molecule has 26 heavy (non-hydrogen) atoms. The molecule has 3 saturated heterocycles. The minimum Gasteiger partial charge on any atom is -0.470 e. The van der Waals surface area contributed by atoms with Crippen molar-refractivity contribution >= 4 is 5.91 Å². The number of ether oxygens (including phenoxy) is 2. The lowest BCUT2D eigenvalue weighted by Gasteiger charge is -2.35. The molecule has 1 amide bonds. The van der Waals surface area contributed by atoms with Gasteiger partial charge in [-0.05, 0) is 32.5 Å². The number of pyridine rings is 1. The maximum absolute atomic E-state index is 12.9. The van der Waals surface area contributed by atoms with E-state index in [1.54, 1.807) is 6.20 Å². The van der Waals surface area contributed by atoms with Crippen LogP contribution in [0.25, 0.3) is 0 Å². The van der Waals surface area contributed by atoms with Crippen molar-refractivity contribution in [2.45, 2.75) is 37.1 Å². The van der Waals surface area contributed by atoms with Gasteiger partial charge in [0.05, 0.1) is 12.6 Å². The molecule has 0 radical (unpaired) electrons. The molecule has 1 aromatic rings. The van der Waals surface area contributed by atoms with Gasteiger partial charge in [0.15, 0.2) is 0 Å². The number of carbonyl (C=O) groups is 1. The van der Waals surface area contributed by atoms with Gasteiger partial charge < -0.3 is 19.7 Å². The van der Waals surface area contributed by atoms with Gasteiger partial charge in [-0.25, -0.2) is 10.4 Å². The van der Waals surface area contributed by atoms with Gasteiger partial charge in [0.1, 0.15) is 12.1 Å². The summed E-state index contributed by atoms with van der Waals surface area (Å²) >= 11 is 0. The van der Waals surface area contributed by atoms with Crippen molar-refractivity contribution in [2.75, 3.05) is 33.4 Å². The highest BCUT2D eigenvalue weighted by molar-refractivity contribution is 5.83. The van der Waals surface area contributed by atoms with Crippen molar-refractivity contribution in [3.63, 3.8) is 0 Å². The smallest absolute Gasteiger partial charge is 0.239 e. The Morgan fingerprint density at radius 2 is 2.31 bits per heavy atom. The minimum atomic E-state index is -0.234. The van der Waals surface area contributed by atoms with E-state index in [0.29, 0.717) is 25.1 Å². The minimum absolute atomic E-state index is 0.0295. The third-order valence-corrected chi connectivity index (χ3v) is 5.54. The zero-order chi connectivity index (χ0) is 17.9. The first-order chi connectivity index (χ1) is 12.7. The molecule has 0 bridgehead atoms. The number of nitrogens with one attached hydrogen (secondary N) is 3. The second-order valence-electron chi connectivity index (χ2n) is 7.39. The van der Waals surface area contributed by atoms with Gasteiger partial charge in [0.25, 0.3) is 0 Å². The van der Waals surface area contributed by atoms with Gasteiger partial charge in [0, 0.05) is 37.4 Å². The van der Waals surface area contributed by atoms with E-state index in [-0.39, 0.29) is 30.0 Å². The van der Waals surface area contributed by atoms with E-state index in [0.717, 1.165) is 25.9 Å². The molecule has 8 nitrogen and oxygen atoms in total. The number of fused-ring (bicyclic) bond motifs is 1. The third-order valence-electron chi connectivity index (χ3n) is 5.54. The Kier molecular flexibility index (Phi) is 5.35. The molecule has 4 rings (SSSR count). The predicted molar refractivity (Wildman–Crippen MR) is 95.5 cm³/mol. The van der Waals surface area contributed by atoms with Crippen LogP contribution < -0.4 is 20.9 Å². The van der Waals surface area contributed by atoms with Crippen molar-refractivity contribution in [1.82, 2.24) is 26.1 Å². The van der Waals surface area contributed by atoms with E-state index in [1.165, 1.54) is 0 Å². The fourth-order valence-electron chi connectivity index (χ4n) is 4.07. The van der Waals surface area contributed by atoms with Crippen LogP contribution in [0.1, 0.15) is 12.8 Å². The summed E-state index contributed by atoms with van der Waals surface area (Å²) in [7, 11) is 2.11. The number of hydrogen-bond donors (Lipinski definition) is 3. The molecule has 3 fully saturated rings. The predicted octanol–water partition coefficient (Wildman–Crippen LogP) is -0.469. The molecule has 3 N–H and O–H groups in total. The summed E-state index contributed by atoms with van der Waals surface area (Å²) < 4.78 is 11.5. The lowest BCUT2D eigenvalue weighted by molar-refractivity contribution is -0.127. The van der Waals surface area contributed by atoms with E-state index >= 15 is 0 Å². The van der Waals surface area contributed by atoms with Crippen LogP contribution in [-0.2, 0) is 9.53 Å². The van der Waals surface area contributed by atoms with Crippen LogP contribution >= 0.6 is 0 Å². The number of nitrogens with zero attached hydrogens (tertiary/aromatic N) is 2. The molecule has 8 heteroatoms. The number of carbonyl (C=O) groups excluding carboxylic acids is 1. The SMILES string of the molecule is CN1CCC2NNC(C(=O)N[C@@H]3CCOC[C@H]3Oc3ccccn3)C2C1. The van der Waals surface area contributed by atoms with Gasteiger partial charge in [0.2, 0.25) is 11.8 Å². The first-order valence-corrected chi connectivity index (χ1v) is 9.36. The summed E-state index contributed by atoms with van der Waals surface area (Å²) in [5.74, 6) is 0.863. The highest BCUT2D eigenvalue weighted by Crippen LogP contribution is 2.24. The zero-order valence-electron chi connectivity index (χ0n) is 15.1. The Hall–Kier alpha value is -1.74. The lowest BCUT2D eigenvalue weighted by Crippen LogP contribution is -2.57. The third kappa shape index (κ3) is 3.83. The maximum Gasteiger partial charge on any atom is 0.239 e. The molecule has 3 unspecified atom stereocenters. The monoisotopic (exact) mass is 361 g/mol. The first kappa shape index (κ1) is 17.7. The van der Waals surface area contributed by atoms with Gasteiger partial charge in [-0.15, -0.1) is 0 Å². The molecule has 5 atom stereocenters.